The third-order valence-corrected chi connectivity index (χ3v) is 5.87. The summed E-state index contributed by atoms with van der Waals surface area (Å²) in [6.45, 7) is 9.57. The number of carbonyl (C=O) groups is 1. The molecule has 0 aliphatic rings. The Morgan fingerprint density at radius 1 is 1.26 bits per heavy atom. The normalized spacial score (nSPS) is 13.5. The monoisotopic (exact) mass is 384 g/mol. The molecule has 2 atom stereocenters. The second-order valence-corrected chi connectivity index (χ2v) is 7.78. The molecule has 5 nitrogen and oxygen atoms in total. The van der Waals surface area contributed by atoms with Gasteiger partial charge in [-0.1, -0.05) is 25.1 Å². The van der Waals surface area contributed by atoms with Crippen LogP contribution in [-0.4, -0.2) is 21.6 Å². The van der Waals surface area contributed by atoms with Gasteiger partial charge >= 0.3 is 5.97 Å². The smallest absolute Gasteiger partial charge is 0.329 e. The van der Waals surface area contributed by atoms with Crippen LogP contribution in [-0.2, 0) is 9.53 Å². The van der Waals surface area contributed by atoms with E-state index in [4.69, 9.17) is 4.74 Å². The van der Waals surface area contributed by atoms with Crippen molar-refractivity contribution < 1.29 is 9.53 Å². The molecule has 0 spiro atoms. The van der Waals surface area contributed by atoms with Gasteiger partial charge in [0.15, 0.2) is 0 Å². The number of benzene rings is 1. The molecule has 0 bridgehead atoms. The lowest BCUT2D eigenvalue weighted by atomic mass is 10.0. The first-order chi connectivity index (χ1) is 12.8. The SMILES string of the molecule is CC[C@H](C)OC(=O)[C@H](C)n1cnc2scc(-c3ccc(C)c(C)c3)c2c1=O. The van der Waals surface area contributed by atoms with Crippen LogP contribution in [0.1, 0.15) is 44.4 Å². The molecule has 1 aromatic carbocycles. The molecule has 3 rings (SSSR count). The average molecular weight is 385 g/mol. The molecule has 3 aromatic rings. The van der Waals surface area contributed by atoms with Crippen molar-refractivity contribution in [3.8, 4) is 11.1 Å². The van der Waals surface area contributed by atoms with E-state index in [1.54, 1.807) is 6.92 Å². The van der Waals surface area contributed by atoms with E-state index in [2.05, 4.69) is 31.0 Å². The summed E-state index contributed by atoms with van der Waals surface area (Å²) >= 11 is 1.44. The summed E-state index contributed by atoms with van der Waals surface area (Å²) in [5, 5.41) is 2.50. The summed E-state index contributed by atoms with van der Waals surface area (Å²) in [4.78, 5) is 30.6. The predicted molar refractivity (Wildman–Crippen MR) is 109 cm³/mol. The number of fused-ring (bicyclic) bond motifs is 1. The van der Waals surface area contributed by atoms with Crippen molar-refractivity contribution in [2.24, 2.45) is 0 Å². The van der Waals surface area contributed by atoms with Crippen molar-refractivity contribution in [1.82, 2.24) is 9.55 Å². The van der Waals surface area contributed by atoms with Crippen molar-refractivity contribution in [1.29, 1.82) is 0 Å². The Hall–Kier alpha value is -2.47. The van der Waals surface area contributed by atoms with Crippen molar-refractivity contribution in [2.75, 3.05) is 0 Å². The minimum Gasteiger partial charge on any atom is -0.461 e. The molecule has 0 radical (unpaired) electrons. The third kappa shape index (κ3) is 3.67. The number of nitrogens with zero attached hydrogens (tertiary/aromatic N) is 2. The molecule has 0 aliphatic carbocycles. The van der Waals surface area contributed by atoms with E-state index in [9.17, 15) is 9.59 Å². The third-order valence-electron chi connectivity index (χ3n) is 4.99. The van der Waals surface area contributed by atoms with Crippen LogP contribution in [0.25, 0.3) is 21.3 Å². The van der Waals surface area contributed by atoms with E-state index in [0.29, 0.717) is 10.2 Å². The minimum atomic E-state index is -0.726. The molecule has 0 saturated carbocycles. The number of carbonyl (C=O) groups excluding carboxylic acids is 1. The van der Waals surface area contributed by atoms with Gasteiger partial charge in [0.25, 0.3) is 5.56 Å². The Morgan fingerprint density at radius 2 is 2.00 bits per heavy atom. The summed E-state index contributed by atoms with van der Waals surface area (Å²) in [5.41, 5.74) is 3.99. The molecular weight excluding hydrogens is 360 g/mol. The number of rotatable bonds is 5. The van der Waals surface area contributed by atoms with Crippen LogP contribution in [0.2, 0.25) is 0 Å². The standard InChI is InChI=1S/C21H24N2O3S/c1-6-14(4)26-21(25)15(5)23-11-22-19-18(20(23)24)17(10-27-19)16-8-7-12(2)13(3)9-16/h7-11,14-15H,6H2,1-5H3/t14-,15-/m0/s1. The average Bonchev–Trinajstić information content (AvgIpc) is 3.08. The zero-order chi connectivity index (χ0) is 19.7. The molecule has 0 N–H and O–H groups in total. The van der Waals surface area contributed by atoms with Crippen molar-refractivity contribution in [3.05, 3.63) is 51.4 Å². The van der Waals surface area contributed by atoms with E-state index in [1.807, 2.05) is 25.3 Å². The second kappa shape index (κ2) is 7.64. The fourth-order valence-electron chi connectivity index (χ4n) is 2.84. The van der Waals surface area contributed by atoms with Gasteiger partial charge in [0.1, 0.15) is 10.9 Å². The molecule has 0 aliphatic heterocycles. The van der Waals surface area contributed by atoms with Gasteiger partial charge < -0.3 is 4.74 Å². The summed E-state index contributed by atoms with van der Waals surface area (Å²) in [6, 6.07) is 5.42. The molecule has 6 heteroatoms. The van der Waals surface area contributed by atoms with Crippen LogP contribution in [0.4, 0.5) is 0 Å². The number of aromatic nitrogens is 2. The number of esters is 1. The highest BCUT2D eigenvalue weighted by Crippen LogP contribution is 2.32. The van der Waals surface area contributed by atoms with Crippen LogP contribution < -0.4 is 5.56 Å². The molecule has 2 aromatic heterocycles. The number of hydrogen-bond acceptors (Lipinski definition) is 5. The Bertz CT molecular complexity index is 1050. The van der Waals surface area contributed by atoms with Gasteiger partial charge in [-0.15, -0.1) is 11.3 Å². The van der Waals surface area contributed by atoms with Crippen LogP contribution in [0.15, 0.2) is 34.7 Å². The van der Waals surface area contributed by atoms with Crippen LogP contribution >= 0.6 is 11.3 Å². The highest BCUT2D eigenvalue weighted by atomic mass is 32.1. The van der Waals surface area contributed by atoms with Crippen LogP contribution in [0.5, 0.6) is 0 Å². The first-order valence-electron chi connectivity index (χ1n) is 9.10. The molecule has 0 saturated heterocycles. The molecule has 0 amide bonds. The number of thiophene rings is 1. The molecular formula is C21H24N2O3S. The van der Waals surface area contributed by atoms with Gasteiger partial charge in [-0.2, -0.15) is 0 Å². The number of hydrogen-bond donors (Lipinski definition) is 0. The maximum absolute atomic E-state index is 13.2. The molecule has 142 valence electrons. The summed E-state index contributed by atoms with van der Waals surface area (Å²) in [5.74, 6) is -0.421. The van der Waals surface area contributed by atoms with Gasteiger partial charge in [-0.3, -0.25) is 9.36 Å². The van der Waals surface area contributed by atoms with Gasteiger partial charge in [0.05, 0.1) is 17.8 Å². The Balaban J connectivity index is 2.08. The van der Waals surface area contributed by atoms with Crippen LogP contribution in [0, 0.1) is 13.8 Å². The lowest BCUT2D eigenvalue weighted by Crippen LogP contribution is -2.31. The van der Waals surface area contributed by atoms with Crippen molar-refractivity contribution in [2.45, 2.75) is 53.2 Å². The summed E-state index contributed by atoms with van der Waals surface area (Å²) < 4.78 is 6.75. The largest absolute Gasteiger partial charge is 0.461 e. The molecule has 27 heavy (non-hydrogen) atoms. The van der Waals surface area contributed by atoms with Crippen LogP contribution in [0.3, 0.4) is 0 Å². The quantitative estimate of drug-likeness (QED) is 0.601. The number of ether oxygens (including phenoxy) is 1. The van der Waals surface area contributed by atoms with E-state index < -0.39 is 12.0 Å². The van der Waals surface area contributed by atoms with Gasteiger partial charge in [0, 0.05) is 10.9 Å². The highest BCUT2D eigenvalue weighted by Gasteiger charge is 2.22. The fraction of sp³-hybridized carbons (Fsp3) is 0.381. The predicted octanol–water partition coefficient (Wildman–Crippen LogP) is 4.64. The van der Waals surface area contributed by atoms with Gasteiger partial charge in [-0.25, -0.2) is 9.78 Å². The van der Waals surface area contributed by atoms with E-state index in [1.165, 1.54) is 33.4 Å². The second-order valence-electron chi connectivity index (χ2n) is 6.92. The lowest BCUT2D eigenvalue weighted by molar-refractivity contribution is -0.152. The zero-order valence-electron chi connectivity index (χ0n) is 16.3. The van der Waals surface area contributed by atoms with Gasteiger partial charge in [-0.05, 0) is 50.8 Å². The van der Waals surface area contributed by atoms with E-state index >= 15 is 0 Å². The highest BCUT2D eigenvalue weighted by molar-refractivity contribution is 7.17. The summed E-state index contributed by atoms with van der Waals surface area (Å²) in [6.07, 6.45) is 1.99. The van der Waals surface area contributed by atoms with Gasteiger partial charge in [0.2, 0.25) is 0 Å². The van der Waals surface area contributed by atoms with E-state index in [0.717, 1.165) is 17.5 Å². The van der Waals surface area contributed by atoms with Crippen molar-refractivity contribution >= 4 is 27.5 Å². The maximum atomic E-state index is 13.2. The Labute approximate surface area is 162 Å². The Morgan fingerprint density at radius 3 is 2.67 bits per heavy atom. The zero-order valence-corrected chi connectivity index (χ0v) is 17.1. The Kier molecular flexibility index (Phi) is 5.46. The maximum Gasteiger partial charge on any atom is 0.329 e. The topological polar surface area (TPSA) is 61.2 Å². The van der Waals surface area contributed by atoms with E-state index in [-0.39, 0.29) is 11.7 Å². The van der Waals surface area contributed by atoms with Crippen molar-refractivity contribution in [3.63, 3.8) is 0 Å². The molecule has 2 heterocycles. The molecule has 0 unspecified atom stereocenters. The summed E-state index contributed by atoms with van der Waals surface area (Å²) in [7, 11) is 0. The lowest BCUT2D eigenvalue weighted by Gasteiger charge is -2.17. The first-order valence-corrected chi connectivity index (χ1v) is 9.97. The number of aryl methyl sites for hydroxylation is 2. The first kappa shape index (κ1) is 19.3. The fourth-order valence-corrected chi connectivity index (χ4v) is 3.74. The minimum absolute atomic E-state index is 0.181. The molecule has 0 fully saturated rings.